The fraction of sp³-hybridized carbons (Fsp3) is 0.231. The minimum Gasteiger partial charge on any atom is -0.341 e. The van der Waals surface area contributed by atoms with Crippen molar-refractivity contribution < 1.29 is 9.18 Å². The Morgan fingerprint density at radius 1 is 1.47 bits per heavy atom. The van der Waals surface area contributed by atoms with E-state index < -0.39 is 5.82 Å². The van der Waals surface area contributed by atoms with Crippen LogP contribution in [0.15, 0.2) is 30.5 Å². The first-order valence-corrected chi connectivity index (χ1v) is 6.10. The van der Waals surface area contributed by atoms with Gasteiger partial charge in [-0.15, -0.1) is 0 Å². The van der Waals surface area contributed by atoms with Gasteiger partial charge in [-0.05, 0) is 23.8 Å². The summed E-state index contributed by atoms with van der Waals surface area (Å²) in [4.78, 5) is 13.5. The maximum Gasteiger partial charge on any atom is 0.228 e. The molecule has 1 amide bonds. The van der Waals surface area contributed by atoms with Gasteiger partial charge in [-0.2, -0.15) is 5.10 Å². The number of nitrogens with one attached hydrogen (secondary N) is 1. The van der Waals surface area contributed by atoms with Crippen LogP contribution in [0.25, 0.3) is 0 Å². The summed E-state index contributed by atoms with van der Waals surface area (Å²) in [6.07, 6.45) is 1.84. The summed E-state index contributed by atoms with van der Waals surface area (Å²) in [5, 5.41) is 6.59. The topological polar surface area (TPSA) is 49.0 Å². The molecule has 0 bridgehead atoms. The van der Waals surface area contributed by atoms with E-state index in [2.05, 4.69) is 10.2 Å². The van der Waals surface area contributed by atoms with Gasteiger partial charge in [-0.25, -0.2) is 4.39 Å². The zero-order valence-electron chi connectivity index (χ0n) is 10.4. The van der Waals surface area contributed by atoms with Gasteiger partial charge in [0.1, 0.15) is 5.82 Å². The Morgan fingerprint density at radius 3 is 2.89 bits per heavy atom. The Bertz CT molecular complexity index is 571. The van der Waals surface area contributed by atoms with Gasteiger partial charge < -0.3 is 4.90 Å². The van der Waals surface area contributed by atoms with Crippen LogP contribution in [-0.4, -0.2) is 28.1 Å². The molecule has 0 aliphatic carbocycles. The maximum absolute atomic E-state index is 13.3. The molecular formula is C13H13ClFN3O. The molecule has 0 saturated heterocycles. The third kappa shape index (κ3) is 3.54. The minimum atomic E-state index is -0.478. The van der Waals surface area contributed by atoms with Crippen molar-refractivity contribution in [1.29, 1.82) is 0 Å². The molecule has 4 nitrogen and oxygen atoms in total. The molecule has 0 aliphatic heterocycles. The van der Waals surface area contributed by atoms with E-state index in [1.54, 1.807) is 25.4 Å². The van der Waals surface area contributed by atoms with E-state index in [0.717, 1.165) is 5.69 Å². The first-order chi connectivity index (χ1) is 9.06. The third-order valence-electron chi connectivity index (χ3n) is 2.73. The van der Waals surface area contributed by atoms with E-state index in [9.17, 15) is 9.18 Å². The van der Waals surface area contributed by atoms with Crippen LogP contribution >= 0.6 is 11.6 Å². The number of aromatic nitrogens is 2. The highest BCUT2D eigenvalue weighted by Gasteiger charge is 2.11. The van der Waals surface area contributed by atoms with Gasteiger partial charge in [0, 0.05) is 25.5 Å². The average Bonchev–Trinajstić information content (AvgIpc) is 2.86. The molecule has 0 saturated carbocycles. The Kier molecular flexibility index (Phi) is 4.16. The standard InChI is InChI=1S/C13H13ClFN3O/c1-18(13(19)7-10-4-5-16-17-10)8-9-2-3-11(14)12(15)6-9/h2-6H,7-8H2,1H3,(H,16,17). The highest BCUT2D eigenvalue weighted by atomic mass is 35.5. The first-order valence-electron chi connectivity index (χ1n) is 5.72. The van der Waals surface area contributed by atoms with Crippen molar-refractivity contribution in [1.82, 2.24) is 15.1 Å². The zero-order valence-corrected chi connectivity index (χ0v) is 11.1. The fourth-order valence-electron chi connectivity index (χ4n) is 1.68. The molecule has 0 spiro atoms. The zero-order chi connectivity index (χ0) is 13.8. The fourth-order valence-corrected chi connectivity index (χ4v) is 1.80. The van der Waals surface area contributed by atoms with E-state index in [1.807, 2.05) is 0 Å². The number of likely N-dealkylation sites (N-methyl/N-ethyl adjacent to an activating group) is 1. The number of benzene rings is 1. The lowest BCUT2D eigenvalue weighted by molar-refractivity contribution is -0.129. The SMILES string of the molecule is CN(Cc1ccc(Cl)c(F)c1)C(=O)Cc1ccn[nH]1. The van der Waals surface area contributed by atoms with Gasteiger partial charge >= 0.3 is 0 Å². The summed E-state index contributed by atoms with van der Waals surface area (Å²) < 4.78 is 13.3. The van der Waals surface area contributed by atoms with Crippen molar-refractivity contribution in [3.8, 4) is 0 Å². The smallest absolute Gasteiger partial charge is 0.228 e. The number of amides is 1. The molecule has 0 atom stereocenters. The molecule has 0 unspecified atom stereocenters. The minimum absolute atomic E-state index is 0.0698. The van der Waals surface area contributed by atoms with Crippen LogP contribution in [0.5, 0.6) is 0 Å². The lowest BCUT2D eigenvalue weighted by Gasteiger charge is -2.17. The van der Waals surface area contributed by atoms with Gasteiger partial charge in [0.25, 0.3) is 0 Å². The van der Waals surface area contributed by atoms with E-state index in [-0.39, 0.29) is 17.4 Å². The molecule has 19 heavy (non-hydrogen) atoms. The monoisotopic (exact) mass is 281 g/mol. The predicted octanol–water partition coefficient (Wildman–Crippen LogP) is 2.40. The number of hydrogen-bond acceptors (Lipinski definition) is 2. The van der Waals surface area contributed by atoms with E-state index in [4.69, 9.17) is 11.6 Å². The molecule has 1 aromatic heterocycles. The summed E-state index contributed by atoms with van der Waals surface area (Å²) in [7, 11) is 1.67. The normalized spacial score (nSPS) is 10.5. The number of H-pyrrole nitrogens is 1. The Balaban J connectivity index is 1.98. The van der Waals surface area contributed by atoms with Crippen LogP contribution in [-0.2, 0) is 17.8 Å². The maximum atomic E-state index is 13.3. The third-order valence-corrected chi connectivity index (χ3v) is 3.04. The second kappa shape index (κ2) is 5.84. The molecule has 2 rings (SSSR count). The van der Waals surface area contributed by atoms with Crippen molar-refractivity contribution in [3.63, 3.8) is 0 Å². The van der Waals surface area contributed by atoms with Gasteiger partial charge in [0.15, 0.2) is 0 Å². The Hall–Kier alpha value is -1.88. The molecule has 0 aliphatic rings. The van der Waals surface area contributed by atoms with Crippen LogP contribution < -0.4 is 0 Å². The molecule has 2 aromatic rings. The summed E-state index contributed by atoms with van der Waals surface area (Å²) >= 11 is 5.61. The highest BCUT2D eigenvalue weighted by Crippen LogP contribution is 2.16. The number of rotatable bonds is 4. The molecule has 6 heteroatoms. The molecule has 1 heterocycles. The van der Waals surface area contributed by atoms with Crippen molar-refractivity contribution >= 4 is 17.5 Å². The molecular weight excluding hydrogens is 269 g/mol. The Morgan fingerprint density at radius 2 is 2.26 bits per heavy atom. The summed E-state index contributed by atoms with van der Waals surface area (Å²) in [5.74, 6) is -0.548. The van der Waals surface area contributed by atoms with Gasteiger partial charge in [-0.3, -0.25) is 9.89 Å². The van der Waals surface area contributed by atoms with Crippen molar-refractivity contribution in [2.75, 3.05) is 7.05 Å². The van der Waals surface area contributed by atoms with E-state index in [1.165, 1.54) is 17.0 Å². The number of carbonyl (C=O) groups is 1. The van der Waals surface area contributed by atoms with Crippen molar-refractivity contribution in [3.05, 3.63) is 52.6 Å². The van der Waals surface area contributed by atoms with E-state index >= 15 is 0 Å². The van der Waals surface area contributed by atoms with Crippen LogP contribution in [0.2, 0.25) is 5.02 Å². The average molecular weight is 282 g/mol. The summed E-state index contributed by atoms with van der Waals surface area (Å²) in [6.45, 7) is 0.334. The highest BCUT2D eigenvalue weighted by molar-refractivity contribution is 6.30. The van der Waals surface area contributed by atoms with Gasteiger partial charge in [0.05, 0.1) is 11.4 Å². The lowest BCUT2D eigenvalue weighted by atomic mass is 10.2. The lowest BCUT2D eigenvalue weighted by Crippen LogP contribution is -2.27. The van der Waals surface area contributed by atoms with Crippen LogP contribution in [0.3, 0.4) is 0 Å². The largest absolute Gasteiger partial charge is 0.341 e. The molecule has 0 radical (unpaired) electrons. The number of aromatic amines is 1. The predicted molar refractivity (Wildman–Crippen MR) is 70.2 cm³/mol. The van der Waals surface area contributed by atoms with Gasteiger partial charge in [-0.1, -0.05) is 17.7 Å². The Labute approximate surface area is 115 Å². The van der Waals surface area contributed by atoms with Crippen molar-refractivity contribution in [2.45, 2.75) is 13.0 Å². The van der Waals surface area contributed by atoms with Crippen LogP contribution in [0, 0.1) is 5.82 Å². The van der Waals surface area contributed by atoms with Crippen LogP contribution in [0.4, 0.5) is 4.39 Å². The second-order valence-electron chi connectivity index (χ2n) is 4.26. The molecule has 0 fully saturated rings. The molecule has 100 valence electrons. The van der Waals surface area contributed by atoms with Gasteiger partial charge in [0.2, 0.25) is 5.91 Å². The molecule has 1 N–H and O–H groups in total. The summed E-state index contributed by atoms with van der Waals surface area (Å²) in [6, 6.07) is 6.26. The number of hydrogen-bond donors (Lipinski definition) is 1. The second-order valence-corrected chi connectivity index (χ2v) is 4.66. The summed E-state index contributed by atoms with van der Waals surface area (Å²) in [5.41, 5.74) is 1.45. The number of carbonyl (C=O) groups excluding carboxylic acids is 1. The number of halogens is 2. The van der Waals surface area contributed by atoms with Crippen LogP contribution in [0.1, 0.15) is 11.3 Å². The van der Waals surface area contributed by atoms with E-state index in [0.29, 0.717) is 12.1 Å². The van der Waals surface area contributed by atoms with Crippen molar-refractivity contribution in [2.24, 2.45) is 0 Å². The number of nitrogens with zero attached hydrogens (tertiary/aromatic N) is 2. The molecule has 1 aromatic carbocycles. The quantitative estimate of drug-likeness (QED) is 0.935. The first kappa shape index (κ1) is 13.5.